The lowest BCUT2D eigenvalue weighted by Crippen LogP contribution is -2.47. The molecule has 1 aromatic carbocycles. The van der Waals surface area contributed by atoms with Crippen LogP contribution in [0.4, 0.5) is 10.5 Å². The van der Waals surface area contributed by atoms with Crippen molar-refractivity contribution in [3.8, 4) is 0 Å². The standard InChI is InChI=1S/C20H27BN2O5/c1-19(2)20(3,4)28-21(27-19)14-7-5-8-15-13(14)10-12-22(15)17(24)16-9-6-11-23(16)18(25)26/h5,7-8,16H,6,9-12H2,1-4H3,(H,25,26)/t16-/m0/s1. The fraction of sp³-hybridized carbons (Fsp3) is 0.600. The van der Waals surface area contributed by atoms with Crippen LogP contribution in [0, 0.1) is 0 Å². The molecule has 28 heavy (non-hydrogen) atoms. The lowest BCUT2D eigenvalue weighted by molar-refractivity contribution is -0.122. The number of benzene rings is 1. The van der Waals surface area contributed by atoms with E-state index in [-0.39, 0.29) is 5.91 Å². The molecule has 2 amide bonds. The highest BCUT2D eigenvalue weighted by Crippen LogP contribution is 2.38. The van der Waals surface area contributed by atoms with E-state index in [2.05, 4.69) is 0 Å². The minimum atomic E-state index is -1.03. The quantitative estimate of drug-likeness (QED) is 0.787. The average molecular weight is 386 g/mol. The largest absolute Gasteiger partial charge is 0.495 e. The number of hydrogen-bond acceptors (Lipinski definition) is 4. The Morgan fingerprint density at radius 2 is 1.82 bits per heavy atom. The highest BCUT2D eigenvalue weighted by atomic mass is 16.7. The zero-order valence-corrected chi connectivity index (χ0v) is 16.9. The summed E-state index contributed by atoms with van der Waals surface area (Å²) in [5, 5.41) is 9.38. The molecule has 0 saturated carbocycles. The fourth-order valence-corrected chi connectivity index (χ4v) is 4.31. The zero-order valence-electron chi connectivity index (χ0n) is 16.9. The molecule has 3 aliphatic heterocycles. The number of hydrogen-bond donors (Lipinski definition) is 1. The Labute approximate surface area is 165 Å². The lowest BCUT2D eigenvalue weighted by Gasteiger charge is -2.32. The van der Waals surface area contributed by atoms with Crippen LogP contribution in [0.15, 0.2) is 18.2 Å². The predicted octanol–water partition coefficient (Wildman–Crippen LogP) is 2.02. The fourth-order valence-electron chi connectivity index (χ4n) is 4.31. The highest BCUT2D eigenvalue weighted by molar-refractivity contribution is 6.63. The van der Waals surface area contributed by atoms with Gasteiger partial charge in [0.2, 0.25) is 5.91 Å². The molecule has 3 aliphatic rings. The van der Waals surface area contributed by atoms with Crippen LogP contribution >= 0.6 is 0 Å². The predicted molar refractivity (Wildman–Crippen MR) is 106 cm³/mol. The lowest BCUT2D eigenvalue weighted by atomic mass is 9.75. The molecule has 0 radical (unpaired) electrons. The molecule has 4 rings (SSSR count). The molecule has 0 bridgehead atoms. The summed E-state index contributed by atoms with van der Waals surface area (Å²) in [6.07, 6.45) is 0.980. The topological polar surface area (TPSA) is 79.3 Å². The summed E-state index contributed by atoms with van der Waals surface area (Å²) < 4.78 is 12.4. The summed E-state index contributed by atoms with van der Waals surface area (Å²) in [6, 6.07) is 5.24. The Morgan fingerprint density at radius 3 is 2.46 bits per heavy atom. The molecular weight excluding hydrogens is 359 g/mol. The molecular formula is C20H27BN2O5. The maximum Gasteiger partial charge on any atom is 0.495 e. The molecule has 0 unspecified atom stereocenters. The van der Waals surface area contributed by atoms with Crippen molar-refractivity contribution in [3.05, 3.63) is 23.8 Å². The van der Waals surface area contributed by atoms with Crippen LogP contribution in [-0.4, -0.2) is 59.5 Å². The minimum absolute atomic E-state index is 0.135. The maximum absolute atomic E-state index is 13.1. The van der Waals surface area contributed by atoms with Gasteiger partial charge < -0.3 is 19.3 Å². The van der Waals surface area contributed by atoms with Crippen LogP contribution in [0.1, 0.15) is 46.1 Å². The molecule has 2 fully saturated rings. The van der Waals surface area contributed by atoms with Gasteiger partial charge >= 0.3 is 13.2 Å². The van der Waals surface area contributed by atoms with Gasteiger partial charge in [-0.05, 0) is 64.1 Å². The van der Waals surface area contributed by atoms with Crippen molar-refractivity contribution in [2.75, 3.05) is 18.0 Å². The van der Waals surface area contributed by atoms with Crippen molar-refractivity contribution in [3.63, 3.8) is 0 Å². The summed E-state index contributed by atoms with van der Waals surface area (Å²) in [5.41, 5.74) is 1.98. The van der Waals surface area contributed by atoms with E-state index in [0.717, 1.165) is 23.1 Å². The van der Waals surface area contributed by atoms with Crippen LogP contribution in [-0.2, 0) is 20.5 Å². The van der Waals surface area contributed by atoms with Gasteiger partial charge in [0, 0.05) is 18.8 Å². The Balaban J connectivity index is 1.62. The van der Waals surface area contributed by atoms with Crippen LogP contribution in [0.2, 0.25) is 0 Å². The van der Waals surface area contributed by atoms with Gasteiger partial charge in [-0.25, -0.2) is 4.79 Å². The average Bonchev–Trinajstić information content (AvgIpc) is 3.30. The third-order valence-corrected chi connectivity index (χ3v) is 6.62. The summed E-state index contributed by atoms with van der Waals surface area (Å²) in [5.74, 6) is -0.135. The first-order valence-electron chi connectivity index (χ1n) is 9.91. The van der Waals surface area contributed by atoms with E-state index in [9.17, 15) is 14.7 Å². The second-order valence-corrected chi connectivity index (χ2v) is 8.81. The van der Waals surface area contributed by atoms with Crippen molar-refractivity contribution < 1.29 is 24.0 Å². The third kappa shape index (κ3) is 2.90. The summed E-state index contributed by atoms with van der Waals surface area (Å²) in [7, 11) is -0.475. The summed E-state index contributed by atoms with van der Waals surface area (Å²) in [6.45, 7) is 9.05. The van der Waals surface area contributed by atoms with Crippen molar-refractivity contribution in [2.45, 2.75) is 64.2 Å². The number of likely N-dealkylation sites (tertiary alicyclic amines) is 1. The van der Waals surface area contributed by atoms with Crippen molar-refractivity contribution in [1.29, 1.82) is 0 Å². The Bertz CT molecular complexity index is 809. The van der Waals surface area contributed by atoms with Crippen molar-refractivity contribution in [1.82, 2.24) is 4.90 Å². The third-order valence-electron chi connectivity index (χ3n) is 6.62. The number of nitrogens with zero attached hydrogens (tertiary/aromatic N) is 2. The minimum Gasteiger partial charge on any atom is -0.465 e. The van der Waals surface area contributed by atoms with E-state index in [4.69, 9.17) is 9.31 Å². The molecule has 0 aromatic heterocycles. The monoisotopic (exact) mass is 386 g/mol. The highest BCUT2D eigenvalue weighted by Gasteiger charge is 2.52. The molecule has 3 heterocycles. The van der Waals surface area contributed by atoms with Crippen LogP contribution in [0.3, 0.4) is 0 Å². The molecule has 0 spiro atoms. The van der Waals surface area contributed by atoms with E-state index in [0.29, 0.717) is 25.9 Å². The van der Waals surface area contributed by atoms with E-state index in [1.807, 2.05) is 45.9 Å². The first-order chi connectivity index (χ1) is 13.1. The Morgan fingerprint density at radius 1 is 1.14 bits per heavy atom. The number of carbonyl (C=O) groups excluding carboxylic acids is 1. The number of anilines is 1. The number of amides is 2. The Hall–Kier alpha value is -2.06. The molecule has 150 valence electrons. The number of carbonyl (C=O) groups is 2. The number of carboxylic acid groups (broad SMARTS) is 1. The molecule has 2 saturated heterocycles. The molecule has 1 atom stereocenters. The second-order valence-electron chi connectivity index (χ2n) is 8.81. The van der Waals surface area contributed by atoms with Gasteiger partial charge in [-0.2, -0.15) is 0 Å². The smallest absolute Gasteiger partial charge is 0.465 e. The van der Waals surface area contributed by atoms with Crippen LogP contribution < -0.4 is 10.4 Å². The van der Waals surface area contributed by atoms with E-state index in [1.165, 1.54) is 4.90 Å². The normalized spacial score (nSPS) is 25.3. The maximum atomic E-state index is 13.1. The van der Waals surface area contributed by atoms with Gasteiger partial charge in [-0.1, -0.05) is 12.1 Å². The molecule has 8 heteroatoms. The van der Waals surface area contributed by atoms with E-state index >= 15 is 0 Å². The molecule has 1 N–H and O–H groups in total. The summed E-state index contributed by atoms with van der Waals surface area (Å²) in [4.78, 5) is 27.6. The number of rotatable bonds is 2. The van der Waals surface area contributed by atoms with Gasteiger partial charge in [0.25, 0.3) is 0 Å². The zero-order chi connectivity index (χ0) is 20.3. The van der Waals surface area contributed by atoms with Gasteiger partial charge in [-0.15, -0.1) is 0 Å². The van der Waals surface area contributed by atoms with Gasteiger partial charge in [0.1, 0.15) is 6.04 Å². The van der Waals surface area contributed by atoms with E-state index in [1.54, 1.807) is 4.90 Å². The van der Waals surface area contributed by atoms with Gasteiger partial charge in [0.05, 0.1) is 11.2 Å². The number of fused-ring (bicyclic) bond motifs is 1. The second kappa shape index (κ2) is 6.49. The van der Waals surface area contributed by atoms with Crippen LogP contribution in [0.25, 0.3) is 0 Å². The van der Waals surface area contributed by atoms with Gasteiger partial charge in [0.15, 0.2) is 0 Å². The Kier molecular flexibility index (Phi) is 4.47. The molecule has 1 aromatic rings. The van der Waals surface area contributed by atoms with Crippen molar-refractivity contribution in [2.24, 2.45) is 0 Å². The first-order valence-corrected chi connectivity index (χ1v) is 9.91. The SMILES string of the molecule is CC1(C)OB(c2cccc3c2CCN3C(=O)[C@@H]2CCCN2C(=O)O)OC1(C)C. The molecule has 0 aliphatic carbocycles. The van der Waals surface area contributed by atoms with Crippen LogP contribution in [0.5, 0.6) is 0 Å². The summed E-state index contributed by atoms with van der Waals surface area (Å²) >= 11 is 0. The van der Waals surface area contributed by atoms with E-state index < -0.39 is 30.5 Å². The van der Waals surface area contributed by atoms with Crippen molar-refractivity contribution >= 4 is 30.3 Å². The molecule has 7 nitrogen and oxygen atoms in total. The first kappa shape index (κ1) is 19.3. The van der Waals surface area contributed by atoms with Gasteiger partial charge in [-0.3, -0.25) is 9.69 Å².